The Morgan fingerprint density at radius 1 is 0.900 bits per heavy atom. The van der Waals surface area contributed by atoms with E-state index in [9.17, 15) is 0 Å². The number of piperidine rings is 1. The fraction of sp³-hybridized carbons (Fsp3) is 0.444. The van der Waals surface area contributed by atoms with Gasteiger partial charge in [-0.1, -0.05) is 36.4 Å². The van der Waals surface area contributed by atoms with E-state index in [1.54, 1.807) is 4.90 Å². The third-order valence-corrected chi connectivity index (χ3v) is 4.24. The van der Waals surface area contributed by atoms with Crippen molar-refractivity contribution in [3.8, 4) is 5.75 Å². The van der Waals surface area contributed by atoms with Crippen molar-refractivity contribution in [2.75, 3.05) is 26.2 Å². The van der Waals surface area contributed by atoms with Crippen LogP contribution in [0.25, 0.3) is 10.8 Å². The van der Waals surface area contributed by atoms with Gasteiger partial charge in [0, 0.05) is 11.8 Å². The zero-order valence-corrected chi connectivity index (χ0v) is 12.1. The SMILES string of the molecule is c1ccc2c(OCCC[NH+]3CCCCC3)cccc2c1. The van der Waals surface area contributed by atoms with Crippen LogP contribution < -0.4 is 9.64 Å². The zero-order valence-electron chi connectivity index (χ0n) is 12.1. The molecule has 0 aliphatic carbocycles. The van der Waals surface area contributed by atoms with Crippen LogP contribution in [-0.4, -0.2) is 26.2 Å². The van der Waals surface area contributed by atoms with Gasteiger partial charge in [-0.05, 0) is 30.7 Å². The van der Waals surface area contributed by atoms with Crippen LogP contribution >= 0.6 is 0 Å². The topological polar surface area (TPSA) is 13.7 Å². The van der Waals surface area contributed by atoms with Crippen LogP contribution in [0.3, 0.4) is 0 Å². The Labute approximate surface area is 121 Å². The van der Waals surface area contributed by atoms with Gasteiger partial charge < -0.3 is 9.64 Å². The molecule has 1 aliphatic heterocycles. The summed E-state index contributed by atoms with van der Waals surface area (Å²) in [6.07, 6.45) is 5.38. The second-order valence-corrected chi connectivity index (χ2v) is 5.74. The number of ether oxygens (including phenoxy) is 1. The van der Waals surface area contributed by atoms with Crippen molar-refractivity contribution in [1.82, 2.24) is 0 Å². The lowest BCUT2D eigenvalue weighted by Gasteiger charge is -2.23. The summed E-state index contributed by atoms with van der Waals surface area (Å²) in [6.45, 7) is 4.80. The van der Waals surface area contributed by atoms with E-state index in [4.69, 9.17) is 4.74 Å². The third kappa shape index (κ3) is 3.31. The first-order valence-electron chi connectivity index (χ1n) is 7.87. The van der Waals surface area contributed by atoms with E-state index in [2.05, 4.69) is 42.5 Å². The molecule has 0 bridgehead atoms. The van der Waals surface area contributed by atoms with Crippen molar-refractivity contribution in [3.05, 3.63) is 42.5 Å². The molecule has 0 saturated carbocycles. The molecule has 1 fully saturated rings. The molecule has 106 valence electrons. The maximum Gasteiger partial charge on any atom is 0.127 e. The quantitative estimate of drug-likeness (QED) is 0.825. The Bertz CT molecular complexity index is 541. The summed E-state index contributed by atoms with van der Waals surface area (Å²) in [5.74, 6) is 1.02. The number of quaternary nitrogens is 1. The van der Waals surface area contributed by atoms with Crippen LogP contribution in [-0.2, 0) is 0 Å². The summed E-state index contributed by atoms with van der Waals surface area (Å²) in [5, 5.41) is 2.48. The largest absolute Gasteiger partial charge is 0.493 e. The van der Waals surface area contributed by atoms with Gasteiger partial charge in [0.25, 0.3) is 0 Å². The normalized spacial score (nSPS) is 16.4. The first-order chi connectivity index (χ1) is 9.93. The maximum absolute atomic E-state index is 6.00. The summed E-state index contributed by atoms with van der Waals surface area (Å²) in [7, 11) is 0. The molecule has 1 heterocycles. The highest BCUT2D eigenvalue weighted by Crippen LogP contribution is 2.25. The molecular weight excluding hydrogens is 246 g/mol. The van der Waals surface area contributed by atoms with Crippen LogP contribution in [0.4, 0.5) is 0 Å². The highest BCUT2D eigenvalue weighted by Gasteiger charge is 2.12. The van der Waals surface area contributed by atoms with E-state index in [-0.39, 0.29) is 0 Å². The lowest BCUT2D eigenvalue weighted by atomic mass is 10.1. The Balaban J connectivity index is 1.52. The van der Waals surface area contributed by atoms with E-state index < -0.39 is 0 Å². The smallest absolute Gasteiger partial charge is 0.127 e. The molecule has 1 N–H and O–H groups in total. The summed E-state index contributed by atoms with van der Waals surface area (Å²) in [5.41, 5.74) is 0. The lowest BCUT2D eigenvalue weighted by molar-refractivity contribution is -0.905. The maximum atomic E-state index is 6.00. The molecule has 0 amide bonds. The molecule has 0 aromatic heterocycles. The average molecular weight is 270 g/mol. The van der Waals surface area contributed by atoms with E-state index in [0.29, 0.717) is 0 Å². The summed E-state index contributed by atoms with van der Waals surface area (Å²) in [4.78, 5) is 1.76. The van der Waals surface area contributed by atoms with Gasteiger partial charge in [0.2, 0.25) is 0 Å². The van der Waals surface area contributed by atoms with Crippen LogP contribution in [0.2, 0.25) is 0 Å². The minimum atomic E-state index is 0.831. The van der Waals surface area contributed by atoms with Gasteiger partial charge in [-0.2, -0.15) is 0 Å². The molecule has 20 heavy (non-hydrogen) atoms. The Morgan fingerprint density at radius 3 is 2.60 bits per heavy atom. The second kappa shape index (κ2) is 6.76. The van der Waals surface area contributed by atoms with Gasteiger partial charge in [-0.3, -0.25) is 0 Å². The molecule has 2 aromatic carbocycles. The van der Waals surface area contributed by atoms with Crippen LogP contribution in [0.15, 0.2) is 42.5 Å². The monoisotopic (exact) mass is 270 g/mol. The lowest BCUT2D eigenvalue weighted by Crippen LogP contribution is -3.12. The standard InChI is InChI=1S/C18H23NO/c1-4-12-19(13-5-1)14-7-15-20-18-11-6-9-16-8-2-3-10-17(16)18/h2-3,6,8-11H,1,4-5,7,12-15H2/p+1. The number of hydrogen-bond donors (Lipinski definition) is 1. The van der Waals surface area contributed by atoms with Gasteiger partial charge >= 0.3 is 0 Å². The Hall–Kier alpha value is -1.54. The fourth-order valence-electron chi connectivity index (χ4n) is 3.13. The zero-order chi connectivity index (χ0) is 13.6. The minimum absolute atomic E-state index is 0.831. The number of benzene rings is 2. The summed E-state index contributed by atoms with van der Waals surface area (Å²) in [6, 6.07) is 14.7. The molecule has 2 heteroatoms. The molecule has 0 radical (unpaired) electrons. The molecule has 2 aromatic rings. The summed E-state index contributed by atoms with van der Waals surface area (Å²) < 4.78 is 6.00. The van der Waals surface area contributed by atoms with E-state index in [1.165, 1.54) is 49.7 Å². The first-order valence-corrected chi connectivity index (χ1v) is 7.87. The molecule has 1 saturated heterocycles. The number of nitrogens with one attached hydrogen (secondary N) is 1. The van der Waals surface area contributed by atoms with Crippen molar-refractivity contribution >= 4 is 10.8 Å². The van der Waals surface area contributed by atoms with E-state index in [1.807, 2.05) is 0 Å². The Morgan fingerprint density at radius 2 is 1.70 bits per heavy atom. The minimum Gasteiger partial charge on any atom is -0.493 e. The van der Waals surface area contributed by atoms with E-state index >= 15 is 0 Å². The van der Waals surface area contributed by atoms with Gasteiger partial charge in [0.15, 0.2) is 0 Å². The van der Waals surface area contributed by atoms with Crippen molar-refractivity contribution in [1.29, 1.82) is 0 Å². The molecule has 3 rings (SSSR count). The number of fused-ring (bicyclic) bond motifs is 1. The van der Waals surface area contributed by atoms with Crippen molar-refractivity contribution in [2.24, 2.45) is 0 Å². The van der Waals surface area contributed by atoms with Crippen molar-refractivity contribution in [3.63, 3.8) is 0 Å². The van der Waals surface area contributed by atoms with Crippen LogP contribution in [0.5, 0.6) is 5.75 Å². The predicted molar refractivity (Wildman–Crippen MR) is 83.5 cm³/mol. The van der Waals surface area contributed by atoms with Crippen molar-refractivity contribution in [2.45, 2.75) is 25.7 Å². The molecule has 2 nitrogen and oxygen atoms in total. The van der Waals surface area contributed by atoms with Gasteiger partial charge in [0.05, 0.1) is 26.2 Å². The molecule has 1 aliphatic rings. The van der Waals surface area contributed by atoms with Crippen molar-refractivity contribution < 1.29 is 9.64 Å². The predicted octanol–water partition coefficient (Wildman–Crippen LogP) is 2.68. The molecular formula is C18H24NO+. The summed E-state index contributed by atoms with van der Waals surface area (Å²) >= 11 is 0. The molecule has 0 atom stereocenters. The Kier molecular flexibility index (Phi) is 4.54. The number of rotatable bonds is 5. The van der Waals surface area contributed by atoms with E-state index in [0.717, 1.165) is 18.8 Å². The van der Waals surface area contributed by atoms with Crippen LogP contribution in [0, 0.1) is 0 Å². The van der Waals surface area contributed by atoms with Gasteiger partial charge in [-0.15, -0.1) is 0 Å². The van der Waals surface area contributed by atoms with Crippen LogP contribution in [0.1, 0.15) is 25.7 Å². The molecule has 0 spiro atoms. The fourth-order valence-corrected chi connectivity index (χ4v) is 3.13. The first kappa shape index (κ1) is 13.4. The van der Waals surface area contributed by atoms with Gasteiger partial charge in [0.1, 0.15) is 5.75 Å². The third-order valence-electron chi connectivity index (χ3n) is 4.24. The average Bonchev–Trinajstić information content (AvgIpc) is 2.53. The van der Waals surface area contributed by atoms with Gasteiger partial charge in [-0.25, -0.2) is 0 Å². The highest BCUT2D eigenvalue weighted by molar-refractivity contribution is 5.88. The molecule has 0 unspecified atom stereocenters. The second-order valence-electron chi connectivity index (χ2n) is 5.74. The highest BCUT2D eigenvalue weighted by atomic mass is 16.5. The number of likely N-dealkylation sites (tertiary alicyclic amines) is 1. The number of hydrogen-bond acceptors (Lipinski definition) is 1.